The molecule has 0 amide bonds. The Kier molecular flexibility index (Phi) is 5.71. The Morgan fingerprint density at radius 1 is 1.16 bits per heavy atom. The summed E-state index contributed by atoms with van der Waals surface area (Å²) in [7, 11) is 0. The molecule has 1 heterocycles. The maximum atomic E-state index is 12.9. The lowest BCUT2D eigenvalue weighted by molar-refractivity contribution is 0.343. The molecular weight excluding hydrogens is 339 g/mol. The predicted molar refractivity (Wildman–Crippen MR) is 98.9 cm³/mol. The summed E-state index contributed by atoms with van der Waals surface area (Å²) >= 11 is 1.49. The van der Waals surface area contributed by atoms with Gasteiger partial charge in [-0.3, -0.25) is 9.36 Å². The Bertz CT molecular complexity index is 909. The summed E-state index contributed by atoms with van der Waals surface area (Å²) < 4.78 is 20.2. The van der Waals surface area contributed by atoms with Gasteiger partial charge in [0.1, 0.15) is 11.6 Å². The molecule has 0 aliphatic carbocycles. The van der Waals surface area contributed by atoms with Gasteiger partial charge in [-0.05, 0) is 42.8 Å². The van der Waals surface area contributed by atoms with Crippen LogP contribution in [0.5, 0.6) is 5.75 Å². The molecule has 0 saturated heterocycles. The molecule has 0 unspecified atom stereocenters. The van der Waals surface area contributed by atoms with E-state index in [1.54, 1.807) is 16.7 Å². The van der Waals surface area contributed by atoms with Gasteiger partial charge < -0.3 is 4.74 Å². The lowest BCUT2D eigenvalue weighted by atomic mass is 10.2. The largest absolute Gasteiger partial charge is 0.493 e. The molecule has 0 aliphatic heterocycles. The van der Waals surface area contributed by atoms with Crippen LogP contribution in [0.25, 0.3) is 10.9 Å². The zero-order valence-corrected chi connectivity index (χ0v) is 14.8. The molecule has 25 heavy (non-hydrogen) atoms. The Morgan fingerprint density at radius 3 is 2.68 bits per heavy atom. The average molecular weight is 358 g/mol. The minimum absolute atomic E-state index is 0.00518. The van der Waals surface area contributed by atoms with Gasteiger partial charge in [0.2, 0.25) is 0 Å². The first kappa shape index (κ1) is 17.5. The highest BCUT2D eigenvalue weighted by Crippen LogP contribution is 2.19. The van der Waals surface area contributed by atoms with Crippen molar-refractivity contribution in [3.63, 3.8) is 0 Å². The maximum absolute atomic E-state index is 12.9. The van der Waals surface area contributed by atoms with Crippen molar-refractivity contribution in [2.24, 2.45) is 0 Å². The van der Waals surface area contributed by atoms with Crippen molar-refractivity contribution in [2.45, 2.75) is 25.0 Å². The van der Waals surface area contributed by atoms with E-state index >= 15 is 0 Å². The normalized spacial score (nSPS) is 11.0. The Balaban J connectivity index is 1.72. The van der Waals surface area contributed by atoms with Gasteiger partial charge in [-0.1, -0.05) is 30.8 Å². The molecule has 6 heteroatoms. The SMILES string of the molecule is CCCn1c(SCCOc2ccc(F)cc2)nc2ccccc2c1=O. The summed E-state index contributed by atoms with van der Waals surface area (Å²) in [6, 6.07) is 13.3. The number of aromatic nitrogens is 2. The van der Waals surface area contributed by atoms with Crippen molar-refractivity contribution in [3.05, 3.63) is 64.7 Å². The number of nitrogens with zero attached hydrogens (tertiary/aromatic N) is 2. The number of halogens is 1. The van der Waals surface area contributed by atoms with Crippen molar-refractivity contribution in [1.29, 1.82) is 0 Å². The zero-order valence-electron chi connectivity index (χ0n) is 13.9. The van der Waals surface area contributed by atoms with E-state index in [4.69, 9.17) is 4.74 Å². The molecule has 130 valence electrons. The van der Waals surface area contributed by atoms with Crippen LogP contribution in [-0.4, -0.2) is 21.9 Å². The third-order valence-electron chi connectivity index (χ3n) is 3.67. The minimum Gasteiger partial charge on any atom is -0.493 e. The number of rotatable bonds is 7. The second-order valence-corrected chi connectivity index (χ2v) is 6.58. The highest BCUT2D eigenvalue weighted by atomic mass is 32.2. The second kappa shape index (κ2) is 8.16. The van der Waals surface area contributed by atoms with Crippen LogP contribution in [-0.2, 0) is 6.54 Å². The van der Waals surface area contributed by atoms with E-state index < -0.39 is 0 Å². The molecule has 2 aromatic carbocycles. The first-order valence-electron chi connectivity index (χ1n) is 8.20. The van der Waals surface area contributed by atoms with Gasteiger partial charge in [0.05, 0.1) is 17.5 Å². The lowest BCUT2D eigenvalue weighted by Gasteiger charge is -2.12. The van der Waals surface area contributed by atoms with E-state index in [1.807, 2.05) is 31.2 Å². The van der Waals surface area contributed by atoms with Crippen LogP contribution >= 0.6 is 11.8 Å². The third kappa shape index (κ3) is 4.20. The van der Waals surface area contributed by atoms with Gasteiger partial charge in [-0.15, -0.1) is 0 Å². The summed E-state index contributed by atoms with van der Waals surface area (Å²) in [5.41, 5.74) is 0.705. The number of fused-ring (bicyclic) bond motifs is 1. The molecule has 3 rings (SSSR count). The molecule has 3 aromatic rings. The van der Waals surface area contributed by atoms with Gasteiger partial charge in [-0.25, -0.2) is 9.37 Å². The van der Waals surface area contributed by atoms with Crippen LogP contribution in [0.3, 0.4) is 0 Å². The molecule has 0 bridgehead atoms. The van der Waals surface area contributed by atoms with Crippen LogP contribution < -0.4 is 10.3 Å². The molecule has 0 aliphatic rings. The molecule has 0 fully saturated rings. The molecular formula is C19H19FN2O2S. The molecule has 0 saturated carbocycles. The predicted octanol–water partition coefficient (Wildman–Crippen LogP) is 4.12. The van der Waals surface area contributed by atoms with E-state index in [1.165, 1.54) is 23.9 Å². The van der Waals surface area contributed by atoms with Gasteiger partial charge in [0, 0.05) is 12.3 Å². The third-order valence-corrected chi connectivity index (χ3v) is 4.61. The van der Waals surface area contributed by atoms with Crippen molar-refractivity contribution in [1.82, 2.24) is 9.55 Å². The van der Waals surface area contributed by atoms with Crippen molar-refractivity contribution in [3.8, 4) is 5.75 Å². The number of hydrogen-bond acceptors (Lipinski definition) is 4. The standard InChI is InChI=1S/C19H19FN2O2S/c1-2-11-22-18(23)16-5-3-4-6-17(16)21-19(22)25-13-12-24-15-9-7-14(20)8-10-15/h3-10H,2,11-13H2,1H3. The minimum atomic E-state index is -0.286. The van der Waals surface area contributed by atoms with Crippen molar-refractivity contribution >= 4 is 22.7 Å². The fraction of sp³-hybridized carbons (Fsp3) is 0.263. The van der Waals surface area contributed by atoms with E-state index in [-0.39, 0.29) is 11.4 Å². The summed E-state index contributed by atoms with van der Waals surface area (Å²) in [6.45, 7) is 3.12. The highest BCUT2D eigenvalue weighted by Gasteiger charge is 2.10. The molecule has 4 nitrogen and oxygen atoms in total. The highest BCUT2D eigenvalue weighted by molar-refractivity contribution is 7.99. The summed E-state index contributed by atoms with van der Waals surface area (Å²) in [5.74, 6) is 0.983. The van der Waals surface area contributed by atoms with Gasteiger partial charge in [-0.2, -0.15) is 0 Å². The lowest BCUT2D eigenvalue weighted by Crippen LogP contribution is -2.23. The van der Waals surface area contributed by atoms with Crippen molar-refractivity contribution < 1.29 is 9.13 Å². The summed E-state index contributed by atoms with van der Waals surface area (Å²) in [6.07, 6.45) is 0.861. The van der Waals surface area contributed by atoms with Gasteiger partial charge >= 0.3 is 0 Å². The quantitative estimate of drug-likeness (QED) is 0.362. The first-order valence-corrected chi connectivity index (χ1v) is 9.18. The average Bonchev–Trinajstić information content (AvgIpc) is 2.63. The summed E-state index contributed by atoms with van der Waals surface area (Å²) in [4.78, 5) is 17.3. The van der Waals surface area contributed by atoms with Crippen LogP contribution in [0.1, 0.15) is 13.3 Å². The van der Waals surface area contributed by atoms with Crippen LogP contribution in [0, 0.1) is 5.82 Å². The molecule has 0 radical (unpaired) electrons. The Morgan fingerprint density at radius 2 is 1.92 bits per heavy atom. The molecule has 0 N–H and O–H groups in total. The monoisotopic (exact) mass is 358 g/mol. The first-order chi connectivity index (χ1) is 12.2. The summed E-state index contributed by atoms with van der Waals surface area (Å²) in [5, 5.41) is 1.34. The van der Waals surface area contributed by atoms with E-state index in [9.17, 15) is 9.18 Å². The van der Waals surface area contributed by atoms with E-state index in [0.717, 1.165) is 6.42 Å². The number of hydrogen-bond donors (Lipinski definition) is 0. The van der Waals surface area contributed by atoms with Gasteiger partial charge in [0.25, 0.3) is 5.56 Å². The van der Waals surface area contributed by atoms with Gasteiger partial charge in [0.15, 0.2) is 5.16 Å². The number of ether oxygens (including phenoxy) is 1. The second-order valence-electron chi connectivity index (χ2n) is 5.52. The maximum Gasteiger partial charge on any atom is 0.262 e. The smallest absolute Gasteiger partial charge is 0.262 e. The molecule has 0 atom stereocenters. The number of thioether (sulfide) groups is 1. The van der Waals surface area contributed by atoms with Crippen LogP contribution in [0.4, 0.5) is 4.39 Å². The Hall–Kier alpha value is -2.34. The van der Waals surface area contributed by atoms with E-state index in [0.29, 0.717) is 40.7 Å². The Labute approximate surface area is 149 Å². The fourth-order valence-corrected chi connectivity index (χ4v) is 3.34. The van der Waals surface area contributed by atoms with Crippen LogP contribution in [0.15, 0.2) is 58.5 Å². The molecule has 1 aromatic heterocycles. The zero-order chi connectivity index (χ0) is 17.6. The molecule has 0 spiro atoms. The van der Waals surface area contributed by atoms with Crippen molar-refractivity contribution in [2.75, 3.05) is 12.4 Å². The number of para-hydroxylation sites is 1. The fourth-order valence-electron chi connectivity index (χ4n) is 2.50. The van der Waals surface area contributed by atoms with E-state index in [2.05, 4.69) is 4.98 Å². The van der Waals surface area contributed by atoms with Crippen LogP contribution in [0.2, 0.25) is 0 Å². The topological polar surface area (TPSA) is 44.1 Å². The number of benzene rings is 2.